The molecule has 11 heavy (non-hydrogen) atoms. The van der Waals surface area contributed by atoms with Crippen molar-refractivity contribution in [2.24, 2.45) is 0 Å². The van der Waals surface area contributed by atoms with E-state index in [-0.39, 0.29) is 6.54 Å². The molecule has 0 aliphatic carbocycles. The van der Waals surface area contributed by atoms with Gasteiger partial charge >= 0.3 is 0 Å². The summed E-state index contributed by atoms with van der Waals surface area (Å²) in [5.74, 6) is 0. The molecule has 1 aliphatic rings. The van der Waals surface area contributed by atoms with Crippen LogP contribution in [0.25, 0.3) is 0 Å². The van der Waals surface area contributed by atoms with Gasteiger partial charge in [0.05, 0.1) is 12.4 Å². The first-order valence-electron chi connectivity index (χ1n) is 3.63. The lowest BCUT2D eigenvalue weighted by molar-refractivity contribution is 0.108. The highest BCUT2D eigenvalue weighted by molar-refractivity contribution is 7.88. The first kappa shape index (κ1) is 8.96. The van der Waals surface area contributed by atoms with Gasteiger partial charge in [0.15, 0.2) is 0 Å². The number of hydrogen-bond acceptors (Lipinski definition) is 3. The van der Waals surface area contributed by atoms with E-state index >= 15 is 0 Å². The molecule has 1 aliphatic heterocycles. The normalized spacial score (nSPS) is 28.7. The molecule has 1 heterocycles. The Balaban J connectivity index is 2.60. The Labute approximate surface area is 66.9 Å². The van der Waals surface area contributed by atoms with Crippen LogP contribution < -0.4 is 0 Å². The predicted octanol–water partition coefficient (Wildman–Crippen LogP) is -0.597. The molecule has 5 heteroatoms. The Morgan fingerprint density at radius 1 is 1.55 bits per heavy atom. The van der Waals surface area contributed by atoms with Crippen molar-refractivity contribution in [1.82, 2.24) is 4.31 Å². The molecule has 1 N–H and O–H groups in total. The summed E-state index contributed by atoms with van der Waals surface area (Å²) >= 11 is 0. The Morgan fingerprint density at radius 2 is 2.18 bits per heavy atom. The minimum absolute atomic E-state index is 0.263. The van der Waals surface area contributed by atoms with Crippen molar-refractivity contribution in [3.63, 3.8) is 0 Å². The van der Waals surface area contributed by atoms with Crippen molar-refractivity contribution < 1.29 is 13.5 Å². The van der Waals surface area contributed by atoms with Crippen LogP contribution >= 0.6 is 0 Å². The fourth-order valence-electron chi connectivity index (χ4n) is 1.22. The van der Waals surface area contributed by atoms with E-state index < -0.39 is 16.1 Å². The summed E-state index contributed by atoms with van der Waals surface area (Å²) in [6, 6.07) is 0. The third-order valence-electron chi connectivity index (χ3n) is 1.83. The number of piperidine rings is 1. The van der Waals surface area contributed by atoms with Crippen molar-refractivity contribution in [1.29, 1.82) is 0 Å². The molecule has 1 unspecified atom stereocenters. The molecule has 0 amide bonds. The summed E-state index contributed by atoms with van der Waals surface area (Å²) in [6.07, 6.45) is 2.17. The van der Waals surface area contributed by atoms with Gasteiger partial charge in [-0.3, -0.25) is 0 Å². The molecule has 1 fully saturated rings. The van der Waals surface area contributed by atoms with Crippen molar-refractivity contribution in [3.05, 3.63) is 0 Å². The fourth-order valence-corrected chi connectivity index (χ4v) is 2.13. The zero-order valence-electron chi connectivity index (χ0n) is 6.52. The molecule has 0 spiro atoms. The first-order chi connectivity index (χ1) is 5.00. The smallest absolute Gasteiger partial charge is 0.211 e. The van der Waals surface area contributed by atoms with Crippen LogP contribution in [0.15, 0.2) is 0 Å². The predicted molar refractivity (Wildman–Crippen MR) is 41.7 cm³/mol. The number of hydrogen-bond donors (Lipinski definition) is 1. The summed E-state index contributed by atoms with van der Waals surface area (Å²) in [5, 5.41) is 9.14. The molecule has 4 nitrogen and oxygen atoms in total. The molecule has 1 rings (SSSR count). The molecule has 0 radical (unpaired) electrons. The Hall–Kier alpha value is -0.130. The lowest BCUT2D eigenvalue weighted by Crippen LogP contribution is -2.41. The summed E-state index contributed by atoms with van der Waals surface area (Å²) in [7, 11) is -3.09. The highest BCUT2D eigenvalue weighted by Gasteiger charge is 2.23. The fraction of sp³-hybridized carbons (Fsp3) is 1.00. The third-order valence-corrected chi connectivity index (χ3v) is 3.10. The van der Waals surface area contributed by atoms with Gasteiger partial charge in [-0.1, -0.05) is 0 Å². The monoisotopic (exact) mass is 179 g/mol. The lowest BCUT2D eigenvalue weighted by Gasteiger charge is -2.27. The van der Waals surface area contributed by atoms with E-state index in [1.165, 1.54) is 10.6 Å². The van der Waals surface area contributed by atoms with Gasteiger partial charge in [0, 0.05) is 13.1 Å². The van der Waals surface area contributed by atoms with Crippen LogP contribution in [0, 0.1) is 0 Å². The second-order valence-corrected chi connectivity index (χ2v) is 4.90. The molecule has 0 saturated carbocycles. The van der Waals surface area contributed by atoms with E-state index in [2.05, 4.69) is 0 Å². The number of sulfonamides is 1. The maximum atomic E-state index is 10.9. The zero-order chi connectivity index (χ0) is 8.48. The van der Waals surface area contributed by atoms with E-state index in [1.807, 2.05) is 0 Å². The van der Waals surface area contributed by atoms with Gasteiger partial charge in [0.1, 0.15) is 0 Å². The molecule has 0 aromatic carbocycles. The molecule has 1 saturated heterocycles. The van der Waals surface area contributed by atoms with Crippen LogP contribution in [0.2, 0.25) is 0 Å². The average molecular weight is 179 g/mol. The average Bonchev–Trinajstić information content (AvgIpc) is 1.86. The van der Waals surface area contributed by atoms with Crippen LogP contribution in [0.5, 0.6) is 0 Å². The molecular weight excluding hydrogens is 166 g/mol. The summed E-state index contributed by atoms with van der Waals surface area (Å²) in [4.78, 5) is 0. The highest BCUT2D eigenvalue weighted by Crippen LogP contribution is 2.12. The van der Waals surface area contributed by atoms with Crippen LogP contribution in [-0.2, 0) is 10.0 Å². The highest BCUT2D eigenvalue weighted by atomic mass is 32.2. The SMILES string of the molecule is CS(=O)(=O)N1CCCC(O)C1. The van der Waals surface area contributed by atoms with E-state index in [9.17, 15) is 8.42 Å². The first-order valence-corrected chi connectivity index (χ1v) is 5.48. The van der Waals surface area contributed by atoms with Gasteiger partial charge in [0.25, 0.3) is 0 Å². The molecule has 66 valence electrons. The molecule has 0 bridgehead atoms. The van der Waals surface area contributed by atoms with Crippen LogP contribution in [0.4, 0.5) is 0 Å². The van der Waals surface area contributed by atoms with Crippen molar-refractivity contribution in [3.8, 4) is 0 Å². The van der Waals surface area contributed by atoms with E-state index in [1.54, 1.807) is 0 Å². The van der Waals surface area contributed by atoms with Gasteiger partial charge in [-0.15, -0.1) is 0 Å². The minimum atomic E-state index is -3.09. The standard InChI is InChI=1S/C6H13NO3S/c1-11(9,10)7-4-2-3-6(8)5-7/h6,8H,2-5H2,1H3. The maximum Gasteiger partial charge on any atom is 0.211 e. The van der Waals surface area contributed by atoms with Gasteiger partial charge in [-0.05, 0) is 12.8 Å². The number of rotatable bonds is 1. The topological polar surface area (TPSA) is 57.6 Å². The number of nitrogens with zero attached hydrogens (tertiary/aromatic N) is 1. The largest absolute Gasteiger partial charge is 0.392 e. The van der Waals surface area contributed by atoms with E-state index in [0.717, 1.165) is 6.42 Å². The quantitative estimate of drug-likeness (QED) is 0.585. The van der Waals surface area contributed by atoms with Crippen molar-refractivity contribution >= 4 is 10.0 Å². The van der Waals surface area contributed by atoms with E-state index in [4.69, 9.17) is 5.11 Å². The molecule has 0 aromatic heterocycles. The lowest BCUT2D eigenvalue weighted by atomic mass is 10.1. The summed E-state index contributed by atoms with van der Waals surface area (Å²) < 4.78 is 23.2. The Morgan fingerprint density at radius 3 is 2.55 bits per heavy atom. The Kier molecular flexibility index (Phi) is 2.51. The zero-order valence-corrected chi connectivity index (χ0v) is 7.34. The minimum Gasteiger partial charge on any atom is -0.392 e. The Bertz CT molecular complexity index is 224. The molecular formula is C6H13NO3S. The van der Waals surface area contributed by atoms with Crippen LogP contribution in [0.3, 0.4) is 0 Å². The third kappa shape index (κ3) is 2.43. The van der Waals surface area contributed by atoms with Gasteiger partial charge in [-0.25, -0.2) is 8.42 Å². The summed E-state index contributed by atoms with van der Waals surface area (Å²) in [5.41, 5.74) is 0. The van der Waals surface area contributed by atoms with Gasteiger partial charge in [-0.2, -0.15) is 4.31 Å². The number of aliphatic hydroxyl groups excluding tert-OH is 1. The van der Waals surface area contributed by atoms with Crippen LogP contribution in [-0.4, -0.2) is 43.3 Å². The number of β-amino-alcohol motifs (C(OH)–C–C–N with tert-alkyl or cyclic N) is 1. The van der Waals surface area contributed by atoms with Gasteiger partial charge < -0.3 is 5.11 Å². The molecule has 1 atom stereocenters. The van der Waals surface area contributed by atoms with E-state index in [0.29, 0.717) is 13.0 Å². The van der Waals surface area contributed by atoms with Crippen LogP contribution in [0.1, 0.15) is 12.8 Å². The summed E-state index contributed by atoms with van der Waals surface area (Å²) in [6.45, 7) is 0.814. The second kappa shape index (κ2) is 3.08. The number of aliphatic hydroxyl groups is 1. The maximum absolute atomic E-state index is 10.9. The van der Waals surface area contributed by atoms with Crippen molar-refractivity contribution in [2.45, 2.75) is 18.9 Å². The second-order valence-electron chi connectivity index (χ2n) is 2.92. The van der Waals surface area contributed by atoms with Gasteiger partial charge in [0.2, 0.25) is 10.0 Å². The van der Waals surface area contributed by atoms with Crippen molar-refractivity contribution in [2.75, 3.05) is 19.3 Å². The molecule has 0 aromatic rings.